The summed E-state index contributed by atoms with van der Waals surface area (Å²) >= 11 is 1.28. The second kappa shape index (κ2) is 7.92. The number of aromatic nitrogens is 4. The lowest BCUT2D eigenvalue weighted by Crippen LogP contribution is -2.40. The van der Waals surface area contributed by atoms with Gasteiger partial charge < -0.3 is 9.17 Å². The number of aryl methyl sites for hydroxylation is 1. The Morgan fingerprint density at radius 2 is 1.73 bits per heavy atom. The van der Waals surface area contributed by atoms with Crippen LogP contribution in [0.3, 0.4) is 0 Å². The third-order valence-electron chi connectivity index (χ3n) is 4.06. The zero-order chi connectivity index (χ0) is 18.7. The third kappa shape index (κ3) is 3.34. The van der Waals surface area contributed by atoms with Crippen LogP contribution < -0.4 is 11.2 Å². The van der Waals surface area contributed by atoms with E-state index in [2.05, 4.69) is 9.97 Å². The van der Waals surface area contributed by atoms with E-state index in [9.17, 15) is 9.59 Å². The first-order valence-corrected chi connectivity index (χ1v) is 9.39. The highest BCUT2D eigenvalue weighted by atomic mass is 32.2. The van der Waals surface area contributed by atoms with Gasteiger partial charge >= 0.3 is 5.69 Å². The molecule has 0 fully saturated rings. The third-order valence-corrected chi connectivity index (χ3v) is 4.69. The molecule has 0 amide bonds. The molecule has 0 bridgehead atoms. The Labute approximate surface area is 155 Å². The molecular formula is C18H22N4O3S. The maximum Gasteiger partial charge on any atom is 0.332 e. The standard InChI is InChI=1S/C18H22N4O3S/c1-4-10-21-16-14(17(23)22(11-5-2)18(21)24)19-15(20-16)12-6-8-13(9-7-12)26-25-3/h6-9H,4-5,10-11H2,1-3H3,(H,19,20). The second-order valence-corrected chi connectivity index (χ2v) is 6.92. The Hall–Kier alpha value is -2.32. The first kappa shape index (κ1) is 18.5. The first-order valence-electron chi connectivity index (χ1n) is 8.65. The van der Waals surface area contributed by atoms with Crippen molar-refractivity contribution in [3.8, 4) is 11.4 Å². The summed E-state index contributed by atoms with van der Waals surface area (Å²) in [5.41, 5.74) is 1.02. The molecule has 0 atom stereocenters. The van der Waals surface area contributed by atoms with E-state index in [1.807, 2.05) is 38.1 Å². The predicted molar refractivity (Wildman–Crippen MR) is 103 cm³/mol. The van der Waals surface area contributed by atoms with Crippen molar-refractivity contribution in [1.29, 1.82) is 0 Å². The number of imidazole rings is 1. The molecule has 0 saturated carbocycles. The van der Waals surface area contributed by atoms with Gasteiger partial charge in [0.1, 0.15) is 11.3 Å². The molecular weight excluding hydrogens is 352 g/mol. The van der Waals surface area contributed by atoms with Crippen LogP contribution in [-0.4, -0.2) is 26.2 Å². The Morgan fingerprint density at radius 1 is 1.08 bits per heavy atom. The van der Waals surface area contributed by atoms with Crippen LogP contribution in [0.25, 0.3) is 22.6 Å². The molecule has 1 N–H and O–H groups in total. The number of hydrogen-bond donors (Lipinski definition) is 1. The van der Waals surface area contributed by atoms with Gasteiger partial charge in [-0.15, -0.1) is 0 Å². The summed E-state index contributed by atoms with van der Waals surface area (Å²) in [6.45, 7) is 4.85. The number of benzene rings is 1. The molecule has 2 aromatic heterocycles. The molecule has 7 nitrogen and oxygen atoms in total. The van der Waals surface area contributed by atoms with Crippen molar-refractivity contribution in [2.45, 2.75) is 44.7 Å². The van der Waals surface area contributed by atoms with E-state index in [4.69, 9.17) is 4.18 Å². The molecule has 0 aliphatic carbocycles. The zero-order valence-corrected chi connectivity index (χ0v) is 15.9. The molecule has 0 saturated heterocycles. The highest BCUT2D eigenvalue weighted by Gasteiger charge is 2.17. The van der Waals surface area contributed by atoms with E-state index >= 15 is 0 Å². The quantitative estimate of drug-likeness (QED) is 0.643. The molecule has 0 radical (unpaired) electrons. The van der Waals surface area contributed by atoms with Crippen molar-refractivity contribution in [1.82, 2.24) is 19.1 Å². The molecule has 3 rings (SSSR count). The number of fused-ring (bicyclic) bond motifs is 1. The van der Waals surface area contributed by atoms with Gasteiger partial charge in [-0.05, 0) is 25.0 Å². The van der Waals surface area contributed by atoms with Crippen molar-refractivity contribution in [3.63, 3.8) is 0 Å². The van der Waals surface area contributed by atoms with E-state index < -0.39 is 0 Å². The number of rotatable bonds is 7. The van der Waals surface area contributed by atoms with Crippen LogP contribution >= 0.6 is 12.0 Å². The average molecular weight is 374 g/mol. The van der Waals surface area contributed by atoms with E-state index in [0.717, 1.165) is 16.9 Å². The van der Waals surface area contributed by atoms with Gasteiger partial charge in [-0.1, -0.05) is 26.0 Å². The van der Waals surface area contributed by atoms with Gasteiger partial charge in [-0.25, -0.2) is 9.78 Å². The Kier molecular flexibility index (Phi) is 5.63. The van der Waals surface area contributed by atoms with Crippen molar-refractivity contribution < 1.29 is 4.18 Å². The Morgan fingerprint density at radius 3 is 2.35 bits per heavy atom. The van der Waals surface area contributed by atoms with Crippen LogP contribution in [-0.2, 0) is 17.3 Å². The highest BCUT2D eigenvalue weighted by Crippen LogP contribution is 2.23. The van der Waals surface area contributed by atoms with Crippen LogP contribution in [0.2, 0.25) is 0 Å². The van der Waals surface area contributed by atoms with Gasteiger partial charge in [0.15, 0.2) is 5.65 Å². The van der Waals surface area contributed by atoms with Crippen LogP contribution in [0.15, 0.2) is 38.8 Å². The molecule has 0 unspecified atom stereocenters. The summed E-state index contributed by atoms with van der Waals surface area (Å²) in [4.78, 5) is 34.1. The minimum absolute atomic E-state index is 0.295. The lowest BCUT2D eigenvalue weighted by atomic mass is 10.2. The highest BCUT2D eigenvalue weighted by molar-refractivity contribution is 7.94. The van der Waals surface area contributed by atoms with Crippen LogP contribution in [0.4, 0.5) is 0 Å². The molecule has 1 aromatic carbocycles. The monoisotopic (exact) mass is 374 g/mol. The lowest BCUT2D eigenvalue weighted by Gasteiger charge is -2.09. The molecule has 26 heavy (non-hydrogen) atoms. The summed E-state index contributed by atoms with van der Waals surface area (Å²) in [7, 11) is 1.62. The van der Waals surface area contributed by atoms with E-state index in [-0.39, 0.29) is 11.2 Å². The lowest BCUT2D eigenvalue weighted by molar-refractivity contribution is 0.490. The normalized spacial score (nSPS) is 11.3. The van der Waals surface area contributed by atoms with E-state index in [1.54, 1.807) is 11.7 Å². The predicted octanol–water partition coefficient (Wildman–Crippen LogP) is 3.03. The van der Waals surface area contributed by atoms with Gasteiger partial charge in [-0.3, -0.25) is 13.9 Å². The van der Waals surface area contributed by atoms with Gasteiger partial charge in [0, 0.05) is 35.6 Å². The largest absolute Gasteiger partial charge is 0.332 e. The van der Waals surface area contributed by atoms with Crippen molar-refractivity contribution >= 4 is 23.2 Å². The summed E-state index contributed by atoms with van der Waals surface area (Å²) in [5.74, 6) is 0.574. The first-order chi connectivity index (χ1) is 12.6. The number of hydrogen-bond acceptors (Lipinski definition) is 5. The number of H-pyrrole nitrogens is 1. The summed E-state index contributed by atoms with van der Waals surface area (Å²) < 4.78 is 7.92. The van der Waals surface area contributed by atoms with Crippen molar-refractivity contribution in [2.24, 2.45) is 0 Å². The fourth-order valence-electron chi connectivity index (χ4n) is 2.91. The summed E-state index contributed by atoms with van der Waals surface area (Å²) in [6, 6.07) is 7.66. The van der Waals surface area contributed by atoms with Gasteiger partial charge in [-0.2, -0.15) is 0 Å². The van der Waals surface area contributed by atoms with Gasteiger partial charge in [0.25, 0.3) is 5.56 Å². The minimum Gasteiger partial charge on any atom is -0.332 e. The topological polar surface area (TPSA) is 81.9 Å². The molecule has 0 spiro atoms. The molecule has 0 aliphatic rings. The minimum atomic E-state index is -0.315. The zero-order valence-electron chi connectivity index (χ0n) is 15.1. The number of nitrogens with zero attached hydrogens (tertiary/aromatic N) is 3. The van der Waals surface area contributed by atoms with Gasteiger partial charge in [0.2, 0.25) is 0 Å². The Balaban J connectivity index is 2.18. The van der Waals surface area contributed by atoms with Crippen LogP contribution in [0.1, 0.15) is 26.7 Å². The smallest absolute Gasteiger partial charge is 0.332 e. The maximum atomic E-state index is 12.7. The second-order valence-electron chi connectivity index (χ2n) is 5.95. The summed E-state index contributed by atoms with van der Waals surface area (Å²) in [5, 5.41) is 0. The summed E-state index contributed by atoms with van der Waals surface area (Å²) in [6.07, 6.45) is 1.50. The fraction of sp³-hybridized carbons (Fsp3) is 0.389. The van der Waals surface area contributed by atoms with E-state index in [1.165, 1.54) is 16.6 Å². The fourth-order valence-corrected chi connectivity index (χ4v) is 3.35. The molecule has 0 aliphatic heterocycles. The molecule has 3 aromatic rings. The van der Waals surface area contributed by atoms with Crippen molar-refractivity contribution in [2.75, 3.05) is 7.11 Å². The SMILES string of the molecule is CCCn1c(=O)c2[nH]c(-c3ccc(SOC)cc3)nc2n(CCC)c1=O. The number of nitrogens with one attached hydrogen (secondary N) is 1. The van der Waals surface area contributed by atoms with Gasteiger partial charge in [0.05, 0.1) is 7.11 Å². The molecule has 8 heteroatoms. The Bertz CT molecular complexity index is 1020. The van der Waals surface area contributed by atoms with Crippen LogP contribution in [0, 0.1) is 0 Å². The number of aromatic amines is 1. The van der Waals surface area contributed by atoms with Crippen molar-refractivity contribution in [3.05, 3.63) is 45.1 Å². The van der Waals surface area contributed by atoms with Crippen LogP contribution in [0.5, 0.6) is 0 Å². The average Bonchev–Trinajstić information content (AvgIpc) is 3.08. The van der Waals surface area contributed by atoms with E-state index in [0.29, 0.717) is 36.5 Å². The maximum absolute atomic E-state index is 12.7. The molecule has 2 heterocycles. The molecule has 138 valence electrons.